The van der Waals surface area contributed by atoms with E-state index < -0.39 is 23.5 Å². The Morgan fingerprint density at radius 2 is 1.97 bits per heavy atom. The molecule has 1 N–H and O–H groups in total. The number of ether oxygens (including phenoxy) is 2. The summed E-state index contributed by atoms with van der Waals surface area (Å²) in [5, 5.41) is 3.17. The first-order valence-corrected chi connectivity index (χ1v) is 10.7. The second-order valence-corrected chi connectivity index (χ2v) is 8.40. The maximum Gasteiger partial charge on any atom is 0.329 e. The molecule has 32 heavy (non-hydrogen) atoms. The Bertz CT molecular complexity index is 950. The summed E-state index contributed by atoms with van der Waals surface area (Å²) in [4.78, 5) is 43.2. The number of amides is 2. The van der Waals surface area contributed by atoms with Crippen LogP contribution in [0.2, 0.25) is 5.02 Å². The van der Waals surface area contributed by atoms with Crippen LogP contribution >= 0.6 is 11.6 Å². The monoisotopic (exact) mass is 459 g/mol. The third-order valence-electron chi connectivity index (χ3n) is 5.08. The summed E-state index contributed by atoms with van der Waals surface area (Å²) >= 11 is 5.86. The second-order valence-electron chi connectivity index (χ2n) is 7.96. The van der Waals surface area contributed by atoms with Gasteiger partial charge in [-0.1, -0.05) is 17.7 Å². The van der Waals surface area contributed by atoms with Crippen LogP contribution in [-0.2, 0) is 25.7 Å². The molecule has 0 saturated carbocycles. The molecule has 1 aromatic heterocycles. The van der Waals surface area contributed by atoms with Crippen molar-refractivity contribution in [3.05, 3.63) is 59.4 Å². The molecule has 0 bridgehead atoms. The number of likely N-dealkylation sites (tertiary alicyclic amines) is 1. The Morgan fingerprint density at radius 3 is 2.66 bits per heavy atom. The average molecular weight is 460 g/mol. The Labute approximate surface area is 191 Å². The van der Waals surface area contributed by atoms with Gasteiger partial charge in [-0.3, -0.25) is 14.6 Å². The quantitative estimate of drug-likeness (QED) is 0.609. The van der Waals surface area contributed by atoms with E-state index >= 15 is 0 Å². The summed E-state index contributed by atoms with van der Waals surface area (Å²) in [6, 6.07) is 9.55. The smallest absolute Gasteiger partial charge is 0.329 e. The zero-order chi connectivity index (χ0) is 23.1. The Kier molecular flexibility index (Phi) is 7.69. The number of carbonyl (C=O) groups excluding carboxylic acids is 3. The summed E-state index contributed by atoms with van der Waals surface area (Å²) in [7, 11) is 0. The molecule has 2 heterocycles. The number of aromatic nitrogens is 1. The van der Waals surface area contributed by atoms with E-state index in [-0.39, 0.29) is 19.1 Å². The minimum absolute atomic E-state index is 0.0954. The number of nitrogens with zero attached hydrogens (tertiary/aromatic N) is 2. The van der Waals surface area contributed by atoms with Gasteiger partial charge in [0.1, 0.15) is 18.4 Å². The molecule has 3 rings (SSSR count). The fourth-order valence-electron chi connectivity index (χ4n) is 3.36. The number of pyridine rings is 1. The molecule has 0 aliphatic carbocycles. The fraction of sp³-hybridized carbons (Fsp3) is 0.391. The molecule has 9 heteroatoms. The van der Waals surface area contributed by atoms with E-state index in [1.54, 1.807) is 62.6 Å². The first kappa shape index (κ1) is 23.5. The van der Waals surface area contributed by atoms with Gasteiger partial charge in [0.15, 0.2) is 5.60 Å². The molecule has 0 radical (unpaired) electrons. The van der Waals surface area contributed by atoms with Crippen LogP contribution in [0.5, 0.6) is 5.75 Å². The van der Waals surface area contributed by atoms with Gasteiger partial charge in [0.25, 0.3) is 5.91 Å². The standard InChI is InChI=1S/C23H26ClN3O5/c1-23(2,32-18-9-7-17(24)8-10-18)22(30)26-14-20(28)27-12-4-6-19(27)21(29)31-15-16-5-3-11-25-13-16/h3,5,7-11,13,19H,4,6,12,14-15H2,1-2H3,(H,26,30)/t19-/m0/s1. The Hall–Kier alpha value is -3.13. The first-order valence-electron chi connectivity index (χ1n) is 10.3. The van der Waals surface area contributed by atoms with Gasteiger partial charge in [-0.25, -0.2) is 4.79 Å². The van der Waals surface area contributed by atoms with E-state index in [2.05, 4.69) is 10.3 Å². The molecular weight excluding hydrogens is 434 g/mol. The van der Waals surface area contributed by atoms with Crippen LogP contribution in [0.15, 0.2) is 48.8 Å². The largest absolute Gasteiger partial charge is 0.478 e. The topological polar surface area (TPSA) is 97.8 Å². The number of hydrogen-bond donors (Lipinski definition) is 1. The van der Waals surface area contributed by atoms with Crippen molar-refractivity contribution in [3.63, 3.8) is 0 Å². The number of benzene rings is 1. The molecule has 1 aliphatic rings. The third kappa shape index (κ3) is 6.20. The molecule has 2 aromatic rings. The van der Waals surface area contributed by atoms with Crippen molar-refractivity contribution in [3.8, 4) is 5.75 Å². The number of rotatable bonds is 8. The van der Waals surface area contributed by atoms with Gasteiger partial charge in [-0.2, -0.15) is 0 Å². The fourth-order valence-corrected chi connectivity index (χ4v) is 3.48. The molecule has 0 unspecified atom stereocenters. The SMILES string of the molecule is CC(C)(Oc1ccc(Cl)cc1)C(=O)NCC(=O)N1CCC[C@H]1C(=O)OCc1cccnc1. The minimum atomic E-state index is -1.21. The van der Waals surface area contributed by atoms with E-state index in [0.29, 0.717) is 30.2 Å². The third-order valence-corrected chi connectivity index (χ3v) is 5.33. The zero-order valence-corrected chi connectivity index (χ0v) is 18.8. The predicted molar refractivity (Wildman–Crippen MR) is 118 cm³/mol. The van der Waals surface area contributed by atoms with Crippen LogP contribution in [-0.4, -0.2) is 52.4 Å². The molecule has 0 spiro atoms. The number of carbonyl (C=O) groups is 3. The molecule has 1 fully saturated rings. The lowest BCUT2D eigenvalue weighted by Crippen LogP contribution is -2.51. The first-order chi connectivity index (χ1) is 15.3. The summed E-state index contributed by atoms with van der Waals surface area (Å²) in [6.45, 7) is 3.51. The molecule has 1 saturated heterocycles. The van der Waals surface area contributed by atoms with E-state index in [1.807, 2.05) is 0 Å². The van der Waals surface area contributed by atoms with Gasteiger partial charge < -0.3 is 19.7 Å². The summed E-state index contributed by atoms with van der Waals surface area (Å²) < 4.78 is 11.1. The van der Waals surface area contributed by atoms with Gasteiger partial charge >= 0.3 is 5.97 Å². The molecule has 2 amide bonds. The van der Waals surface area contributed by atoms with Crippen molar-refractivity contribution in [1.29, 1.82) is 0 Å². The molecule has 1 aliphatic heterocycles. The average Bonchev–Trinajstić information content (AvgIpc) is 3.28. The van der Waals surface area contributed by atoms with Crippen molar-refractivity contribution in [2.24, 2.45) is 0 Å². The van der Waals surface area contributed by atoms with E-state index in [0.717, 1.165) is 5.56 Å². The lowest BCUT2D eigenvalue weighted by atomic mass is 10.1. The van der Waals surface area contributed by atoms with Crippen LogP contribution in [0.25, 0.3) is 0 Å². The van der Waals surface area contributed by atoms with Crippen LogP contribution in [0, 0.1) is 0 Å². The molecule has 1 atom stereocenters. The van der Waals surface area contributed by atoms with Crippen LogP contribution in [0.1, 0.15) is 32.3 Å². The molecular formula is C23H26ClN3O5. The summed E-state index contributed by atoms with van der Waals surface area (Å²) in [5.41, 5.74) is -0.437. The minimum Gasteiger partial charge on any atom is -0.478 e. The van der Waals surface area contributed by atoms with Gasteiger partial charge in [0.2, 0.25) is 5.91 Å². The Morgan fingerprint density at radius 1 is 1.22 bits per heavy atom. The molecule has 8 nitrogen and oxygen atoms in total. The highest BCUT2D eigenvalue weighted by Crippen LogP contribution is 2.22. The van der Waals surface area contributed by atoms with Gasteiger partial charge in [0, 0.05) is 29.5 Å². The van der Waals surface area contributed by atoms with Crippen LogP contribution in [0.3, 0.4) is 0 Å². The van der Waals surface area contributed by atoms with Crippen molar-refractivity contribution < 1.29 is 23.9 Å². The maximum absolute atomic E-state index is 12.7. The highest BCUT2D eigenvalue weighted by Gasteiger charge is 2.36. The van der Waals surface area contributed by atoms with Gasteiger partial charge in [-0.15, -0.1) is 0 Å². The second kappa shape index (κ2) is 10.5. The van der Waals surface area contributed by atoms with Crippen LogP contribution < -0.4 is 10.1 Å². The zero-order valence-electron chi connectivity index (χ0n) is 18.0. The summed E-state index contributed by atoms with van der Waals surface area (Å²) in [6.07, 6.45) is 4.47. The number of hydrogen-bond acceptors (Lipinski definition) is 6. The number of nitrogens with one attached hydrogen (secondary N) is 1. The van der Waals surface area contributed by atoms with Crippen molar-refractivity contribution in [1.82, 2.24) is 15.2 Å². The van der Waals surface area contributed by atoms with Gasteiger partial charge in [-0.05, 0) is 57.0 Å². The lowest BCUT2D eigenvalue weighted by molar-refractivity contribution is -0.154. The number of esters is 1. The van der Waals surface area contributed by atoms with E-state index in [4.69, 9.17) is 21.1 Å². The van der Waals surface area contributed by atoms with E-state index in [9.17, 15) is 14.4 Å². The predicted octanol–water partition coefficient (Wildman–Crippen LogP) is 2.74. The lowest BCUT2D eigenvalue weighted by Gasteiger charge is -2.27. The van der Waals surface area contributed by atoms with Gasteiger partial charge in [0.05, 0.1) is 6.54 Å². The Balaban J connectivity index is 1.50. The normalized spacial score (nSPS) is 15.8. The van der Waals surface area contributed by atoms with Crippen molar-refractivity contribution in [2.45, 2.75) is 44.9 Å². The van der Waals surface area contributed by atoms with Crippen LogP contribution in [0.4, 0.5) is 0 Å². The molecule has 170 valence electrons. The summed E-state index contributed by atoms with van der Waals surface area (Å²) in [5.74, 6) is -0.772. The highest BCUT2D eigenvalue weighted by atomic mass is 35.5. The van der Waals surface area contributed by atoms with E-state index in [1.165, 1.54) is 4.90 Å². The van der Waals surface area contributed by atoms with Crippen molar-refractivity contribution in [2.75, 3.05) is 13.1 Å². The highest BCUT2D eigenvalue weighted by molar-refractivity contribution is 6.30. The maximum atomic E-state index is 12.7. The van der Waals surface area contributed by atoms with Crippen molar-refractivity contribution >= 4 is 29.4 Å². The number of halogens is 1. The molecule has 1 aromatic carbocycles.